The third kappa shape index (κ3) is 3.81. The van der Waals surface area contributed by atoms with E-state index in [1.54, 1.807) is 44.2 Å². The van der Waals surface area contributed by atoms with Crippen LogP contribution in [-0.2, 0) is 4.74 Å². The largest absolute Gasteiger partial charge is 0.415 e. The molecule has 0 saturated carbocycles. The summed E-state index contributed by atoms with van der Waals surface area (Å²) < 4.78 is 4.56. The molecule has 1 amide bonds. The van der Waals surface area contributed by atoms with Crippen molar-refractivity contribution >= 4 is 12.1 Å². The predicted molar refractivity (Wildman–Crippen MR) is 55.5 cm³/mol. The summed E-state index contributed by atoms with van der Waals surface area (Å²) in [5.74, 6) is -0.645. The van der Waals surface area contributed by atoms with Crippen molar-refractivity contribution in [3.8, 4) is 0 Å². The molecular weight excluding hydrogens is 194 g/mol. The summed E-state index contributed by atoms with van der Waals surface area (Å²) in [5, 5.41) is 2.46. The fourth-order valence-electron chi connectivity index (χ4n) is 0.983. The van der Waals surface area contributed by atoms with Crippen molar-refractivity contribution in [2.24, 2.45) is 0 Å². The number of benzene rings is 1. The minimum absolute atomic E-state index is 0.0546. The normalized spacial score (nSPS) is 9.80. The second-order valence-electron chi connectivity index (χ2n) is 3.34. The van der Waals surface area contributed by atoms with Gasteiger partial charge < -0.3 is 10.1 Å². The fourth-order valence-corrected chi connectivity index (χ4v) is 0.983. The predicted octanol–water partition coefficient (Wildman–Crippen LogP) is 1.96. The molecule has 0 aliphatic rings. The van der Waals surface area contributed by atoms with Gasteiger partial charge in [-0.2, -0.15) is 0 Å². The van der Waals surface area contributed by atoms with Crippen LogP contribution in [0.3, 0.4) is 0 Å². The van der Waals surface area contributed by atoms with Crippen LogP contribution in [-0.4, -0.2) is 18.1 Å². The Morgan fingerprint density at radius 3 is 2.33 bits per heavy atom. The van der Waals surface area contributed by atoms with Crippen LogP contribution >= 0.6 is 0 Å². The van der Waals surface area contributed by atoms with Gasteiger partial charge in [0.15, 0.2) is 0 Å². The van der Waals surface area contributed by atoms with Gasteiger partial charge in [-0.25, -0.2) is 9.59 Å². The standard InChI is InChI=1S/C11H13NO3/c1-8(2)12-11(14)15-10(13)9-6-4-3-5-7-9/h3-8H,1-2H3,(H,12,14). The van der Waals surface area contributed by atoms with Crippen LogP contribution in [0.5, 0.6) is 0 Å². The van der Waals surface area contributed by atoms with Gasteiger partial charge in [0.25, 0.3) is 0 Å². The van der Waals surface area contributed by atoms with E-state index >= 15 is 0 Å². The van der Waals surface area contributed by atoms with Gasteiger partial charge in [0.1, 0.15) is 0 Å². The third-order valence-corrected chi connectivity index (χ3v) is 1.60. The number of alkyl carbamates (subject to hydrolysis) is 1. The number of hydrogen-bond donors (Lipinski definition) is 1. The van der Waals surface area contributed by atoms with E-state index in [1.165, 1.54) is 0 Å². The van der Waals surface area contributed by atoms with E-state index in [1.807, 2.05) is 0 Å². The molecule has 0 fully saturated rings. The van der Waals surface area contributed by atoms with Crippen LogP contribution in [0, 0.1) is 0 Å². The number of amides is 1. The molecule has 0 unspecified atom stereocenters. The van der Waals surface area contributed by atoms with Crippen LogP contribution in [0.2, 0.25) is 0 Å². The lowest BCUT2D eigenvalue weighted by Gasteiger charge is -2.07. The molecule has 0 aliphatic carbocycles. The van der Waals surface area contributed by atoms with Crippen LogP contribution in [0.25, 0.3) is 0 Å². The Balaban J connectivity index is 2.53. The number of ether oxygens (including phenoxy) is 1. The molecule has 15 heavy (non-hydrogen) atoms. The topological polar surface area (TPSA) is 55.4 Å². The summed E-state index contributed by atoms with van der Waals surface area (Å²) in [6.07, 6.45) is -0.723. The minimum atomic E-state index is -0.723. The summed E-state index contributed by atoms with van der Waals surface area (Å²) in [6.45, 7) is 3.57. The van der Waals surface area contributed by atoms with Gasteiger partial charge in [0, 0.05) is 6.04 Å². The van der Waals surface area contributed by atoms with Crippen LogP contribution in [0.15, 0.2) is 30.3 Å². The van der Waals surface area contributed by atoms with Crippen molar-refractivity contribution in [1.29, 1.82) is 0 Å². The number of esters is 1. The van der Waals surface area contributed by atoms with Gasteiger partial charge in [0.2, 0.25) is 0 Å². The highest BCUT2D eigenvalue weighted by molar-refractivity contribution is 5.96. The summed E-state index contributed by atoms with van der Waals surface area (Å²) in [5.41, 5.74) is 0.358. The Morgan fingerprint density at radius 1 is 1.20 bits per heavy atom. The Labute approximate surface area is 88.2 Å². The molecule has 0 heterocycles. The van der Waals surface area contributed by atoms with Gasteiger partial charge in [-0.1, -0.05) is 18.2 Å². The average Bonchev–Trinajstić information content (AvgIpc) is 2.17. The van der Waals surface area contributed by atoms with Crippen molar-refractivity contribution in [3.05, 3.63) is 35.9 Å². The number of carbonyl (C=O) groups excluding carboxylic acids is 2. The monoisotopic (exact) mass is 207 g/mol. The first kappa shape index (κ1) is 11.2. The van der Waals surface area contributed by atoms with E-state index in [-0.39, 0.29) is 6.04 Å². The lowest BCUT2D eigenvalue weighted by Crippen LogP contribution is -2.32. The molecule has 0 bridgehead atoms. The molecule has 0 aliphatic heterocycles. The minimum Gasteiger partial charge on any atom is -0.373 e. The van der Waals surface area contributed by atoms with E-state index in [2.05, 4.69) is 10.1 Å². The van der Waals surface area contributed by atoms with Gasteiger partial charge in [-0.3, -0.25) is 0 Å². The van der Waals surface area contributed by atoms with Crippen molar-refractivity contribution < 1.29 is 14.3 Å². The second kappa shape index (κ2) is 5.14. The summed E-state index contributed by atoms with van der Waals surface area (Å²) >= 11 is 0. The number of hydrogen-bond acceptors (Lipinski definition) is 3. The van der Waals surface area contributed by atoms with E-state index in [4.69, 9.17) is 0 Å². The van der Waals surface area contributed by atoms with Crippen molar-refractivity contribution in [3.63, 3.8) is 0 Å². The quantitative estimate of drug-likeness (QED) is 0.595. The van der Waals surface area contributed by atoms with Crippen LogP contribution < -0.4 is 5.32 Å². The molecule has 0 atom stereocenters. The zero-order valence-electron chi connectivity index (χ0n) is 8.69. The molecule has 1 aromatic rings. The number of nitrogens with one attached hydrogen (secondary N) is 1. The highest BCUT2D eigenvalue weighted by Crippen LogP contribution is 2.01. The molecule has 0 saturated heterocycles. The van der Waals surface area contributed by atoms with Crippen molar-refractivity contribution in [2.75, 3.05) is 0 Å². The maximum Gasteiger partial charge on any atom is 0.415 e. The smallest absolute Gasteiger partial charge is 0.373 e. The fraction of sp³-hybridized carbons (Fsp3) is 0.273. The highest BCUT2D eigenvalue weighted by atomic mass is 16.6. The first-order valence-corrected chi connectivity index (χ1v) is 4.67. The molecule has 4 nitrogen and oxygen atoms in total. The van der Waals surface area contributed by atoms with Gasteiger partial charge in [0.05, 0.1) is 5.56 Å². The molecule has 0 spiro atoms. The van der Waals surface area contributed by atoms with Crippen molar-refractivity contribution in [2.45, 2.75) is 19.9 Å². The molecule has 80 valence electrons. The van der Waals surface area contributed by atoms with Gasteiger partial charge in [-0.15, -0.1) is 0 Å². The summed E-state index contributed by atoms with van der Waals surface area (Å²) in [6, 6.07) is 8.32. The molecule has 0 aromatic heterocycles. The molecule has 4 heteroatoms. The average molecular weight is 207 g/mol. The Bertz CT molecular complexity index is 346. The SMILES string of the molecule is CC(C)NC(=O)OC(=O)c1ccccc1. The van der Waals surface area contributed by atoms with Gasteiger partial charge >= 0.3 is 12.1 Å². The second-order valence-corrected chi connectivity index (χ2v) is 3.34. The zero-order valence-corrected chi connectivity index (χ0v) is 8.69. The van der Waals surface area contributed by atoms with Crippen LogP contribution in [0.4, 0.5) is 4.79 Å². The van der Waals surface area contributed by atoms with E-state index in [0.29, 0.717) is 5.56 Å². The van der Waals surface area contributed by atoms with E-state index in [0.717, 1.165) is 0 Å². The Kier molecular flexibility index (Phi) is 3.85. The highest BCUT2D eigenvalue weighted by Gasteiger charge is 2.12. The third-order valence-electron chi connectivity index (χ3n) is 1.60. The number of carbonyl (C=O) groups is 2. The molecular formula is C11H13NO3. The first-order valence-electron chi connectivity index (χ1n) is 4.67. The lowest BCUT2D eigenvalue weighted by molar-refractivity contribution is 0.0619. The number of rotatable bonds is 2. The van der Waals surface area contributed by atoms with Crippen molar-refractivity contribution in [1.82, 2.24) is 5.32 Å². The van der Waals surface area contributed by atoms with Crippen LogP contribution in [0.1, 0.15) is 24.2 Å². The molecule has 0 radical (unpaired) electrons. The summed E-state index contributed by atoms with van der Waals surface area (Å²) in [7, 11) is 0. The van der Waals surface area contributed by atoms with E-state index < -0.39 is 12.1 Å². The Morgan fingerprint density at radius 2 is 1.80 bits per heavy atom. The maximum atomic E-state index is 11.4. The van der Waals surface area contributed by atoms with Gasteiger partial charge in [-0.05, 0) is 26.0 Å². The summed E-state index contributed by atoms with van der Waals surface area (Å²) in [4.78, 5) is 22.4. The molecule has 1 rings (SSSR count). The first-order chi connectivity index (χ1) is 7.09. The lowest BCUT2D eigenvalue weighted by atomic mass is 10.2. The maximum absolute atomic E-state index is 11.4. The molecule has 1 N–H and O–H groups in total. The van der Waals surface area contributed by atoms with E-state index in [9.17, 15) is 9.59 Å². The molecule has 1 aromatic carbocycles. The Hall–Kier alpha value is -1.84. The zero-order chi connectivity index (χ0) is 11.3.